The molecule has 30 heavy (non-hydrogen) atoms. The second kappa shape index (κ2) is 14.1. The van der Waals surface area contributed by atoms with Crippen LogP contribution in [-0.2, 0) is 16.0 Å². The van der Waals surface area contributed by atoms with Crippen LogP contribution in [0.3, 0.4) is 0 Å². The Bertz CT molecular complexity index is 669. The van der Waals surface area contributed by atoms with Crippen molar-refractivity contribution in [1.29, 1.82) is 0 Å². The van der Waals surface area contributed by atoms with E-state index < -0.39 is 18.1 Å². The number of aliphatic hydroxyl groups is 1. The third-order valence-corrected chi connectivity index (χ3v) is 6.27. The lowest BCUT2D eigenvalue weighted by Crippen LogP contribution is -2.41. The van der Waals surface area contributed by atoms with Gasteiger partial charge < -0.3 is 25.4 Å². The lowest BCUT2D eigenvalue weighted by atomic mass is 10.0. The lowest BCUT2D eigenvalue weighted by molar-refractivity contribution is -0.140. The standard InChI is InChI=1S/C22H35NO6S/c1-4-5-6-7-18(30-14-19(22(27)28)23-15(2)24)13-17(25)10-8-16-9-11-20(26)21(12-16)29-3/h9,11-12,17-19,25-26H,4-8,10,13-14H2,1-3H3,(H,23,24)(H,27,28)/t17?,18?,19-/m0/s1. The van der Waals surface area contributed by atoms with E-state index in [1.807, 2.05) is 6.07 Å². The summed E-state index contributed by atoms with van der Waals surface area (Å²) in [5, 5.41) is 32.1. The van der Waals surface area contributed by atoms with Crippen LogP contribution in [0.5, 0.6) is 11.5 Å². The first-order chi connectivity index (χ1) is 14.3. The quantitative estimate of drug-likeness (QED) is 0.308. The third kappa shape index (κ3) is 10.2. The van der Waals surface area contributed by atoms with E-state index in [-0.39, 0.29) is 22.7 Å². The fourth-order valence-corrected chi connectivity index (χ4v) is 4.56. The highest BCUT2D eigenvalue weighted by atomic mass is 32.2. The predicted octanol–water partition coefficient (Wildman–Crippen LogP) is 3.36. The molecule has 1 aromatic carbocycles. The number of benzene rings is 1. The number of carbonyl (C=O) groups is 2. The lowest BCUT2D eigenvalue weighted by Gasteiger charge is -2.22. The minimum atomic E-state index is -1.05. The van der Waals surface area contributed by atoms with Gasteiger partial charge in [0.25, 0.3) is 0 Å². The Morgan fingerprint density at radius 3 is 2.57 bits per heavy atom. The van der Waals surface area contributed by atoms with Gasteiger partial charge in [0.15, 0.2) is 11.5 Å². The molecule has 0 fully saturated rings. The SMILES string of the molecule is CCCCCC(CC(O)CCc1ccc(O)c(OC)c1)SC[C@H](NC(C)=O)C(=O)O. The van der Waals surface area contributed by atoms with Crippen molar-refractivity contribution >= 4 is 23.6 Å². The average Bonchev–Trinajstić information content (AvgIpc) is 2.69. The van der Waals surface area contributed by atoms with E-state index in [4.69, 9.17) is 4.74 Å². The van der Waals surface area contributed by atoms with Crippen molar-refractivity contribution < 1.29 is 29.6 Å². The number of aromatic hydroxyl groups is 1. The number of carbonyl (C=O) groups excluding carboxylic acids is 1. The highest BCUT2D eigenvalue weighted by molar-refractivity contribution is 7.99. The number of aliphatic carboxylic acids is 1. The van der Waals surface area contributed by atoms with E-state index in [0.717, 1.165) is 31.2 Å². The molecule has 0 aliphatic carbocycles. The average molecular weight is 442 g/mol. The Labute approximate surface area is 183 Å². The van der Waals surface area contributed by atoms with E-state index in [2.05, 4.69) is 12.2 Å². The molecule has 0 saturated heterocycles. The van der Waals surface area contributed by atoms with Gasteiger partial charge in [-0.05, 0) is 43.4 Å². The number of aliphatic hydroxyl groups excluding tert-OH is 1. The molecule has 170 valence electrons. The summed E-state index contributed by atoms with van der Waals surface area (Å²) >= 11 is 1.50. The maximum Gasteiger partial charge on any atom is 0.327 e. The van der Waals surface area contributed by atoms with E-state index in [0.29, 0.717) is 25.0 Å². The number of thioether (sulfide) groups is 1. The Balaban J connectivity index is 2.62. The number of aryl methyl sites for hydroxylation is 1. The topological polar surface area (TPSA) is 116 Å². The smallest absolute Gasteiger partial charge is 0.327 e. The summed E-state index contributed by atoms with van der Waals surface area (Å²) in [6.45, 7) is 3.43. The summed E-state index contributed by atoms with van der Waals surface area (Å²) in [5.74, 6) is -0.649. The minimum Gasteiger partial charge on any atom is -0.504 e. The van der Waals surface area contributed by atoms with Crippen LogP contribution >= 0.6 is 11.8 Å². The molecule has 0 saturated carbocycles. The number of carboxylic acids is 1. The van der Waals surface area contributed by atoms with Crippen molar-refractivity contribution in [2.75, 3.05) is 12.9 Å². The maximum atomic E-state index is 11.4. The number of carboxylic acid groups (broad SMARTS) is 1. The molecule has 1 rings (SSSR count). The normalized spacial score (nSPS) is 14.0. The number of nitrogens with one attached hydrogen (secondary N) is 1. The molecule has 1 amide bonds. The van der Waals surface area contributed by atoms with Crippen molar-refractivity contribution in [3.8, 4) is 11.5 Å². The zero-order chi connectivity index (χ0) is 22.5. The van der Waals surface area contributed by atoms with E-state index in [1.165, 1.54) is 25.8 Å². The second-order valence-electron chi connectivity index (χ2n) is 7.48. The van der Waals surface area contributed by atoms with Gasteiger partial charge in [-0.25, -0.2) is 4.79 Å². The molecule has 0 spiro atoms. The van der Waals surface area contributed by atoms with Crippen LogP contribution < -0.4 is 10.1 Å². The summed E-state index contributed by atoms with van der Waals surface area (Å²) in [4.78, 5) is 22.6. The first-order valence-electron chi connectivity index (χ1n) is 10.4. The number of ether oxygens (including phenoxy) is 1. The molecule has 3 atom stereocenters. The van der Waals surface area contributed by atoms with Gasteiger partial charge >= 0.3 is 5.97 Å². The largest absolute Gasteiger partial charge is 0.504 e. The summed E-state index contributed by atoms with van der Waals surface area (Å²) in [6, 6.07) is 4.23. The molecule has 0 aliphatic rings. The van der Waals surface area contributed by atoms with Crippen LogP contribution in [0.1, 0.15) is 57.9 Å². The molecule has 0 radical (unpaired) electrons. The van der Waals surface area contributed by atoms with Crippen molar-refractivity contribution in [3.63, 3.8) is 0 Å². The van der Waals surface area contributed by atoms with Gasteiger partial charge in [0.05, 0.1) is 13.2 Å². The molecule has 0 heterocycles. The van der Waals surface area contributed by atoms with E-state index >= 15 is 0 Å². The van der Waals surface area contributed by atoms with Gasteiger partial charge in [-0.2, -0.15) is 11.8 Å². The Kier molecular flexibility index (Phi) is 12.3. The molecule has 7 nitrogen and oxygen atoms in total. The van der Waals surface area contributed by atoms with Crippen molar-refractivity contribution in [2.45, 2.75) is 76.2 Å². The van der Waals surface area contributed by atoms with Crippen LogP contribution in [0.2, 0.25) is 0 Å². The number of hydrogen-bond donors (Lipinski definition) is 4. The number of hydrogen-bond acceptors (Lipinski definition) is 6. The summed E-state index contributed by atoms with van der Waals surface area (Å²) in [7, 11) is 1.50. The second-order valence-corrected chi connectivity index (χ2v) is 8.81. The van der Waals surface area contributed by atoms with Crippen molar-refractivity contribution in [1.82, 2.24) is 5.32 Å². The van der Waals surface area contributed by atoms with Crippen molar-refractivity contribution in [2.24, 2.45) is 0 Å². The molecule has 8 heteroatoms. The Morgan fingerprint density at radius 2 is 1.97 bits per heavy atom. The number of phenols is 1. The van der Waals surface area contributed by atoms with Crippen LogP contribution in [0.25, 0.3) is 0 Å². The van der Waals surface area contributed by atoms with E-state index in [9.17, 15) is 24.9 Å². The number of unbranched alkanes of at least 4 members (excludes halogenated alkanes) is 2. The van der Waals surface area contributed by atoms with Gasteiger partial charge in [-0.3, -0.25) is 4.79 Å². The molecule has 1 aromatic rings. The van der Waals surface area contributed by atoms with Crippen LogP contribution in [-0.4, -0.2) is 57.5 Å². The van der Waals surface area contributed by atoms with Crippen LogP contribution in [0.4, 0.5) is 0 Å². The van der Waals surface area contributed by atoms with Gasteiger partial charge in [0, 0.05) is 17.9 Å². The molecular weight excluding hydrogens is 406 g/mol. The number of phenolic OH excluding ortho intramolecular Hbond substituents is 1. The Morgan fingerprint density at radius 1 is 1.23 bits per heavy atom. The first-order valence-corrected chi connectivity index (χ1v) is 11.5. The highest BCUT2D eigenvalue weighted by Crippen LogP contribution is 2.28. The van der Waals surface area contributed by atoms with Crippen LogP contribution in [0, 0.1) is 0 Å². The van der Waals surface area contributed by atoms with Crippen LogP contribution in [0.15, 0.2) is 18.2 Å². The fourth-order valence-electron chi connectivity index (χ4n) is 3.18. The fraction of sp³-hybridized carbons (Fsp3) is 0.636. The zero-order valence-electron chi connectivity index (χ0n) is 18.1. The number of rotatable bonds is 15. The maximum absolute atomic E-state index is 11.4. The number of amides is 1. The van der Waals surface area contributed by atoms with E-state index in [1.54, 1.807) is 12.1 Å². The Hall–Kier alpha value is -1.93. The van der Waals surface area contributed by atoms with Gasteiger partial charge in [-0.15, -0.1) is 0 Å². The molecule has 0 aliphatic heterocycles. The van der Waals surface area contributed by atoms with Gasteiger partial charge in [0.1, 0.15) is 6.04 Å². The summed E-state index contributed by atoms with van der Waals surface area (Å²) in [5.41, 5.74) is 0.968. The van der Waals surface area contributed by atoms with Gasteiger partial charge in [0.2, 0.25) is 5.91 Å². The minimum absolute atomic E-state index is 0.0846. The summed E-state index contributed by atoms with van der Waals surface area (Å²) < 4.78 is 5.12. The monoisotopic (exact) mass is 441 g/mol. The van der Waals surface area contributed by atoms with Gasteiger partial charge in [-0.1, -0.05) is 32.3 Å². The zero-order valence-corrected chi connectivity index (χ0v) is 18.9. The molecule has 0 bridgehead atoms. The predicted molar refractivity (Wildman–Crippen MR) is 119 cm³/mol. The molecule has 2 unspecified atom stereocenters. The molecular formula is C22H35NO6S. The van der Waals surface area contributed by atoms with Crippen molar-refractivity contribution in [3.05, 3.63) is 23.8 Å². The number of methoxy groups -OCH3 is 1. The highest BCUT2D eigenvalue weighted by Gasteiger charge is 2.22. The first kappa shape index (κ1) is 26.1. The molecule has 0 aromatic heterocycles. The summed E-state index contributed by atoms with van der Waals surface area (Å²) in [6.07, 6.45) is 5.35. The third-order valence-electron chi connectivity index (χ3n) is 4.85. The molecule has 4 N–H and O–H groups in total.